The molecule has 0 bridgehead atoms. The van der Waals surface area contributed by atoms with Crippen LogP contribution in [0.25, 0.3) is 0 Å². The lowest BCUT2D eigenvalue weighted by atomic mass is 10.0. The highest BCUT2D eigenvalue weighted by Gasteiger charge is 2.11. The van der Waals surface area contributed by atoms with Crippen molar-refractivity contribution in [3.8, 4) is 0 Å². The standard InChI is InChI=1S/C17H18Cl2O/c1-12-11-15(7-8-16(12)18)17(19)14-5-3-13(4-6-14)9-10-20-2/h3-8,11,17H,9-10H2,1-2H3. The predicted octanol–water partition coefficient (Wildman–Crippen LogP) is 5.17. The molecule has 2 aromatic carbocycles. The third kappa shape index (κ3) is 3.76. The maximum Gasteiger partial charge on any atom is 0.0835 e. The van der Waals surface area contributed by atoms with Crippen LogP contribution >= 0.6 is 23.2 Å². The molecule has 0 saturated heterocycles. The van der Waals surface area contributed by atoms with E-state index in [1.807, 2.05) is 25.1 Å². The molecule has 0 aliphatic carbocycles. The van der Waals surface area contributed by atoms with E-state index in [2.05, 4.69) is 24.3 Å². The van der Waals surface area contributed by atoms with E-state index in [0.717, 1.165) is 34.7 Å². The summed E-state index contributed by atoms with van der Waals surface area (Å²) in [5, 5.41) is 0.620. The van der Waals surface area contributed by atoms with Gasteiger partial charge in [-0.2, -0.15) is 0 Å². The fraction of sp³-hybridized carbons (Fsp3) is 0.294. The van der Waals surface area contributed by atoms with Crippen LogP contribution in [0, 0.1) is 6.92 Å². The molecule has 1 atom stereocenters. The molecule has 0 heterocycles. The van der Waals surface area contributed by atoms with Crippen molar-refractivity contribution in [2.75, 3.05) is 13.7 Å². The van der Waals surface area contributed by atoms with Gasteiger partial charge in [-0.25, -0.2) is 0 Å². The van der Waals surface area contributed by atoms with Gasteiger partial charge in [-0.15, -0.1) is 11.6 Å². The van der Waals surface area contributed by atoms with Crippen molar-refractivity contribution in [2.24, 2.45) is 0 Å². The highest BCUT2D eigenvalue weighted by Crippen LogP contribution is 2.31. The maximum atomic E-state index is 6.54. The number of benzene rings is 2. The van der Waals surface area contributed by atoms with Crippen LogP contribution < -0.4 is 0 Å². The Hall–Kier alpha value is -1.02. The normalized spacial score (nSPS) is 12.4. The molecule has 0 aliphatic rings. The Bertz CT molecular complexity index is 564. The van der Waals surface area contributed by atoms with Gasteiger partial charge in [0.25, 0.3) is 0 Å². The first-order valence-corrected chi connectivity index (χ1v) is 7.41. The van der Waals surface area contributed by atoms with Crippen molar-refractivity contribution in [2.45, 2.75) is 18.7 Å². The second-order valence-corrected chi connectivity index (χ2v) is 5.70. The summed E-state index contributed by atoms with van der Waals surface area (Å²) in [5.74, 6) is 0. The van der Waals surface area contributed by atoms with Crippen LogP contribution in [-0.2, 0) is 11.2 Å². The van der Waals surface area contributed by atoms with Gasteiger partial charge >= 0.3 is 0 Å². The van der Waals surface area contributed by atoms with Gasteiger partial charge in [-0.05, 0) is 41.7 Å². The van der Waals surface area contributed by atoms with E-state index in [1.54, 1.807) is 7.11 Å². The van der Waals surface area contributed by atoms with Crippen molar-refractivity contribution >= 4 is 23.2 Å². The molecule has 1 nitrogen and oxygen atoms in total. The zero-order valence-corrected chi connectivity index (χ0v) is 13.2. The Balaban J connectivity index is 2.15. The quantitative estimate of drug-likeness (QED) is 0.693. The summed E-state index contributed by atoms with van der Waals surface area (Å²) < 4.78 is 5.08. The van der Waals surface area contributed by atoms with Gasteiger partial charge in [-0.3, -0.25) is 0 Å². The van der Waals surface area contributed by atoms with Crippen molar-refractivity contribution in [3.05, 3.63) is 69.7 Å². The van der Waals surface area contributed by atoms with Gasteiger partial charge in [0.2, 0.25) is 0 Å². The molecule has 1 unspecified atom stereocenters. The molecule has 2 aromatic rings. The third-order valence-electron chi connectivity index (χ3n) is 3.34. The molecule has 0 amide bonds. The molecule has 0 N–H and O–H groups in total. The van der Waals surface area contributed by atoms with Crippen LogP contribution in [0.3, 0.4) is 0 Å². The van der Waals surface area contributed by atoms with E-state index in [0.29, 0.717) is 0 Å². The van der Waals surface area contributed by atoms with E-state index in [9.17, 15) is 0 Å². The van der Waals surface area contributed by atoms with Gasteiger partial charge in [0.15, 0.2) is 0 Å². The number of halogens is 2. The largest absolute Gasteiger partial charge is 0.384 e. The minimum absolute atomic E-state index is 0.151. The molecule has 20 heavy (non-hydrogen) atoms. The molecule has 0 spiro atoms. The molecule has 2 rings (SSSR count). The van der Waals surface area contributed by atoms with Crippen LogP contribution in [0.5, 0.6) is 0 Å². The van der Waals surface area contributed by atoms with Crippen molar-refractivity contribution in [3.63, 3.8) is 0 Å². The number of aryl methyl sites for hydroxylation is 1. The lowest BCUT2D eigenvalue weighted by Gasteiger charge is -2.12. The van der Waals surface area contributed by atoms with E-state index in [-0.39, 0.29) is 5.38 Å². The number of alkyl halides is 1. The third-order valence-corrected chi connectivity index (χ3v) is 4.27. The second-order valence-electron chi connectivity index (χ2n) is 4.86. The van der Waals surface area contributed by atoms with Gasteiger partial charge in [0.05, 0.1) is 12.0 Å². The summed E-state index contributed by atoms with van der Waals surface area (Å²) in [6, 6.07) is 14.3. The van der Waals surface area contributed by atoms with Crippen LogP contribution in [0.15, 0.2) is 42.5 Å². The van der Waals surface area contributed by atoms with E-state index < -0.39 is 0 Å². The minimum atomic E-state index is -0.151. The molecule has 0 radical (unpaired) electrons. The highest BCUT2D eigenvalue weighted by atomic mass is 35.5. The number of hydrogen-bond acceptors (Lipinski definition) is 1. The van der Waals surface area contributed by atoms with E-state index >= 15 is 0 Å². The van der Waals surface area contributed by atoms with E-state index in [1.165, 1.54) is 5.56 Å². The van der Waals surface area contributed by atoms with Crippen molar-refractivity contribution in [1.82, 2.24) is 0 Å². The maximum absolute atomic E-state index is 6.54. The van der Waals surface area contributed by atoms with Gasteiger partial charge in [0.1, 0.15) is 0 Å². The first-order chi connectivity index (χ1) is 9.61. The van der Waals surface area contributed by atoms with Gasteiger partial charge in [0, 0.05) is 12.1 Å². The average Bonchev–Trinajstić information content (AvgIpc) is 2.48. The Morgan fingerprint density at radius 2 is 1.70 bits per heavy atom. The Morgan fingerprint density at radius 3 is 2.30 bits per heavy atom. The molecule has 3 heteroatoms. The Morgan fingerprint density at radius 1 is 1.05 bits per heavy atom. The van der Waals surface area contributed by atoms with Crippen LogP contribution in [0.1, 0.15) is 27.6 Å². The minimum Gasteiger partial charge on any atom is -0.384 e. The molecule has 0 aromatic heterocycles. The lowest BCUT2D eigenvalue weighted by molar-refractivity contribution is 0.202. The summed E-state index contributed by atoms with van der Waals surface area (Å²) in [6.45, 7) is 2.73. The first-order valence-electron chi connectivity index (χ1n) is 6.59. The van der Waals surface area contributed by atoms with Crippen LogP contribution in [0.2, 0.25) is 5.02 Å². The summed E-state index contributed by atoms with van der Waals surface area (Å²) in [5.41, 5.74) is 4.46. The van der Waals surface area contributed by atoms with Gasteiger partial charge < -0.3 is 4.74 Å². The molecule has 0 aliphatic heterocycles. The van der Waals surface area contributed by atoms with Crippen molar-refractivity contribution < 1.29 is 4.74 Å². The average molecular weight is 309 g/mol. The number of methoxy groups -OCH3 is 1. The molecular formula is C17H18Cl2O. The molecule has 106 valence electrons. The number of hydrogen-bond donors (Lipinski definition) is 0. The zero-order valence-electron chi connectivity index (χ0n) is 11.7. The molecular weight excluding hydrogens is 291 g/mol. The topological polar surface area (TPSA) is 9.23 Å². The monoisotopic (exact) mass is 308 g/mol. The summed E-state index contributed by atoms with van der Waals surface area (Å²) >= 11 is 12.6. The smallest absolute Gasteiger partial charge is 0.0835 e. The number of ether oxygens (including phenoxy) is 1. The lowest BCUT2D eigenvalue weighted by Crippen LogP contribution is -1.97. The SMILES string of the molecule is COCCc1ccc(C(Cl)c2ccc(Cl)c(C)c2)cc1. The zero-order chi connectivity index (χ0) is 14.5. The predicted molar refractivity (Wildman–Crippen MR) is 85.9 cm³/mol. The highest BCUT2D eigenvalue weighted by molar-refractivity contribution is 6.31. The van der Waals surface area contributed by atoms with Crippen LogP contribution in [-0.4, -0.2) is 13.7 Å². The summed E-state index contributed by atoms with van der Waals surface area (Å²) in [6.07, 6.45) is 0.920. The van der Waals surface area contributed by atoms with Crippen LogP contribution in [0.4, 0.5) is 0 Å². The Kier molecular flexibility index (Phi) is 5.47. The van der Waals surface area contributed by atoms with Crippen molar-refractivity contribution in [1.29, 1.82) is 0 Å². The van der Waals surface area contributed by atoms with E-state index in [4.69, 9.17) is 27.9 Å². The second kappa shape index (κ2) is 7.12. The molecule has 0 fully saturated rings. The summed E-state index contributed by atoms with van der Waals surface area (Å²) in [7, 11) is 1.71. The fourth-order valence-corrected chi connectivity index (χ4v) is 2.49. The fourth-order valence-electron chi connectivity index (χ4n) is 2.09. The molecule has 0 saturated carbocycles. The first kappa shape index (κ1) is 15.4. The summed E-state index contributed by atoms with van der Waals surface area (Å²) in [4.78, 5) is 0. The number of rotatable bonds is 5. The van der Waals surface area contributed by atoms with Gasteiger partial charge in [-0.1, -0.05) is 48.0 Å². The Labute approximate surface area is 130 Å².